The lowest BCUT2D eigenvalue weighted by Crippen LogP contribution is -2.53. The Labute approximate surface area is 217 Å². The maximum absolute atomic E-state index is 13.8. The molecule has 10 heteroatoms. The summed E-state index contributed by atoms with van der Waals surface area (Å²) in [4.78, 5) is 29.0. The van der Waals surface area contributed by atoms with Crippen molar-refractivity contribution in [3.63, 3.8) is 0 Å². The summed E-state index contributed by atoms with van der Waals surface area (Å²) < 4.78 is 34.1. The van der Waals surface area contributed by atoms with Gasteiger partial charge in [0.05, 0.1) is 29.6 Å². The highest BCUT2D eigenvalue weighted by Crippen LogP contribution is 2.33. The number of hydrogen-bond donors (Lipinski definition) is 3. The van der Waals surface area contributed by atoms with Crippen LogP contribution in [0.15, 0.2) is 65.6 Å². The molecule has 1 fully saturated rings. The molecular formula is C27H32N4O5S. The Balaban J connectivity index is 1.51. The van der Waals surface area contributed by atoms with Crippen LogP contribution in [-0.4, -0.2) is 64.5 Å². The third-order valence-electron chi connectivity index (χ3n) is 7.37. The van der Waals surface area contributed by atoms with E-state index in [4.69, 9.17) is 4.74 Å². The van der Waals surface area contributed by atoms with Crippen LogP contribution in [0.4, 0.5) is 0 Å². The van der Waals surface area contributed by atoms with Gasteiger partial charge >= 0.3 is 0 Å². The third kappa shape index (κ3) is 5.47. The largest absolute Gasteiger partial charge is 0.376 e. The van der Waals surface area contributed by atoms with Gasteiger partial charge in [0.1, 0.15) is 0 Å². The van der Waals surface area contributed by atoms with E-state index in [2.05, 4.69) is 15.4 Å². The van der Waals surface area contributed by atoms with Gasteiger partial charge in [-0.3, -0.25) is 9.59 Å². The fraction of sp³-hybridized carbons (Fsp3) is 0.407. The molecule has 5 rings (SSSR count). The third-order valence-corrected chi connectivity index (χ3v) is 8.79. The van der Waals surface area contributed by atoms with E-state index in [1.165, 1.54) is 12.1 Å². The van der Waals surface area contributed by atoms with Crippen molar-refractivity contribution >= 4 is 21.8 Å². The first-order valence-corrected chi connectivity index (χ1v) is 14.1. The van der Waals surface area contributed by atoms with E-state index < -0.39 is 15.4 Å². The number of rotatable bonds is 0. The highest BCUT2D eigenvalue weighted by atomic mass is 32.2. The minimum absolute atomic E-state index is 0.0271. The first-order valence-electron chi connectivity index (χ1n) is 12.6. The van der Waals surface area contributed by atoms with E-state index in [0.717, 1.165) is 24.2 Å². The van der Waals surface area contributed by atoms with Gasteiger partial charge in [-0.1, -0.05) is 42.5 Å². The molecule has 0 radical (unpaired) electrons. The van der Waals surface area contributed by atoms with Crippen LogP contribution < -0.4 is 15.4 Å². The quantitative estimate of drug-likeness (QED) is 0.452. The first kappa shape index (κ1) is 25.6. The maximum Gasteiger partial charge on any atom is 0.254 e. The Morgan fingerprint density at radius 1 is 1.00 bits per heavy atom. The van der Waals surface area contributed by atoms with Crippen molar-refractivity contribution in [1.82, 2.24) is 20.3 Å². The fourth-order valence-electron chi connectivity index (χ4n) is 5.23. The van der Waals surface area contributed by atoms with Gasteiger partial charge in [0, 0.05) is 25.2 Å². The standard InChI is InChI=1S/C27H32N4O5S/c32-25-20-7-5-8-22(16-20)37(34,35)29-12-3-4-15-36-19-27(10-13-28-14-11-27)26(33)30-24-18-31(25)17-21-6-1-2-9-23(21)24/h1-9,16,24,28-29H,10-15,17-19H2,(H,30,33)/b4-3+. The van der Waals surface area contributed by atoms with Crippen molar-refractivity contribution in [2.75, 3.05) is 39.4 Å². The fourth-order valence-corrected chi connectivity index (χ4v) is 6.25. The van der Waals surface area contributed by atoms with Gasteiger partial charge in [0.25, 0.3) is 5.91 Å². The van der Waals surface area contributed by atoms with E-state index in [1.807, 2.05) is 24.3 Å². The summed E-state index contributed by atoms with van der Waals surface area (Å²) in [5, 5.41) is 6.56. The van der Waals surface area contributed by atoms with Crippen molar-refractivity contribution in [2.45, 2.75) is 30.3 Å². The molecule has 9 nitrogen and oxygen atoms in total. The van der Waals surface area contributed by atoms with Crippen LogP contribution in [0.1, 0.15) is 40.4 Å². The molecule has 1 spiro atoms. The number of carbonyl (C=O) groups excluding carboxylic acids is 2. The summed E-state index contributed by atoms with van der Waals surface area (Å²) >= 11 is 0. The number of fused-ring (bicyclic) bond motifs is 6. The van der Waals surface area contributed by atoms with Crippen molar-refractivity contribution in [3.8, 4) is 0 Å². The van der Waals surface area contributed by atoms with Crippen LogP contribution in [0.25, 0.3) is 0 Å². The molecule has 1 saturated heterocycles. The number of nitrogens with one attached hydrogen (secondary N) is 3. The SMILES string of the molecule is O=C1c2cccc(c2)S(=O)(=O)NC/C=C/COCC2(CCNCC2)C(=O)NC2CN1Cc1ccccc12. The molecule has 196 valence electrons. The lowest BCUT2D eigenvalue weighted by atomic mass is 9.78. The molecular weight excluding hydrogens is 492 g/mol. The number of amides is 2. The van der Waals surface area contributed by atoms with Crippen LogP contribution in [0.2, 0.25) is 0 Å². The summed E-state index contributed by atoms with van der Waals surface area (Å²) in [5.74, 6) is -0.352. The van der Waals surface area contributed by atoms with Crippen molar-refractivity contribution in [1.29, 1.82) is 0 Å². The van der Waals surface area contributed by atoms with Gasteiger partial charge < -0.3 is 20.3 Å². The minimum Gasteiger partial charge on any atom is -0.376 e. The molecule has 0 aliphatic carbocycles. The summed E-state index contributed by atoms with van der Waals surface area (Å²) in [6, 6.07) is 13.5. The highest BCUT2D eigenvalue weighted by molar-refractivity contribution is 7.89. The molecule has 2 amide bonds. The second-order valence-corrected chi connectivity index (χ2v) is 11.6. The maximum atomic E-state index is 13.8. The van der Waals surface area contributed by atoms with E-state index in [-0.39, 0.29) is 54.6 Å². The second kappa shape index (κ2) is 10.7. The molecule has 3 aliphatic heterocycles. The van der Waals surface area contributed by atoms with Crippen LogP contribution in [-0.2, 0) is 26.1 Å². The van der Waals surface area contributed by atoms with Gasteiger partial charge in [-0.2, -0.15) is 0 Å². The predicted octanol–water partition coefficient (Wildman–Crippen LogP) is 1.73. The predicted molar refractivity (Wildman–Crippen MR) is 138 cm³/mol. The second-order valence-electron chi connectivity index (χ2n) is 9.81. The first-order chi connectivity index (χ1) is 17.9. The minimum atomic E-state index is -3.80. The molecule has 37 heavy (non-hydrogen) atoms. The molecule has 2 aromatic carbocycles. The number of benzene rings is 2. The summed E-state index contributed by atoms with van der Waals surface area (Å²) in [6.07, 6.45) is 4.71. The Bertz CT molecular complexity index is 1300. The zero-order valence-corrected chi connectivity index (χ0v) is 21.4. The van der Waals surface area contributed by atoms with Crippen LogP contribution in [0.5, 0.6) is 0 Å². The molecule has 4 bridgehead atoms. The highest BCUT2D eigenvalue weighted by Gasteiger charge is 2.42. The number of nitrogens with zero attached hydrogens (tertiary/aromatic N) is 1. The lowest BCUT2D eigenvalue weighted by molar-refractivity contribution is -0.137. The van der Waals surface area contributed by atoms with Crippen molar-refractivity contribution < 1.29 is 22.7 Å². The normalized spacial score (nSPS) is 24.9. The van der Waals surface area contributed by atoms with Crippen molar-refractivity contribution in [2.24, 2.45) is 5.41 Å². The number of piperidine rings is 1. The zero-order chi connectivity index (χ0) is 25.9. The summed E-state index contributed by atoms with van der Waals surface area (Å²) in [7, 11) is -3.80. The average Bonchev–Trinajstić information content (AvgIpc) is 2.92. The van der Waals surface area contributed by atoms with Crippen LogP contribution >= 0.6 is 0 Å². The molecule has 0 saturated carbocycles. The summed E-state index contributed by atoms with van der Waals surface area (Å²) in [5.41, 5.74) is 1.55. The Morgan fingerprint density at radius 3 is 2.65 bits per heavy atom. The van der Waals surface area contributed by atoms with Crippen LogP contribution in [0, 0.1) is 5.41 Å². The number of ether oxygens (including phenoxy) is 1. The smallest absolute Gasteiger partial charge is 0.254 e. The monoisotopic (exact) mass is 524 g/mol. The molecule has 1 unspecified atom stereocenters. The van der Waals surface area contributed by atoms with Gasteiger partial charge in [-0.15, -0.1) is 0 Å². The van der Waals surface area contributed by atoms with Gasteiger partial charge in [-0.25, -0.2) is 13.1 Å². The molecule has 3 N–H and O–H groups in total. The van der Waals surface area contributed by atoms with Crippen LogP contribution in [0.3, 0.4) is 0 Å². The topological polar surface area (TPSA) is 117 Å². The molecule has 0 aromatic heterocycles. The Morgan fingerprint density at radius 2 is 1.81 bits per heavy atom. The molecule has 3 heterocycles. The van der Waals surface area contributed by atoms with Gasteiger partial charge in [0.15, 0.2) is 0 Å². The number of sulfonamides is 1. The molecule has 1 atom stereocenters. The average molecular weight is 525 g/mol. The summed E-state index contributed by atoms with van der Waals surface area (Å²) in [6.45, 7) is 2.72. The lowest BCUT2D eigenvalue weighted by Gasteiger charge is -2.40. The molecule has 3 aliphatic rings. The van der Waals surface area contributed by atoms with Gasteiger partial charge in [-0.05, 0) is 55.3 Å². The van der Waals surface area contributed by atoms with E-state index in [0.29, 0.717) is 19.4 Å². The van der Waals surface area contributed by atoms with E-state index >= 15 is 0 Å². The molecule has 2 aromatic rings. The number of hydrogen-bond acceptors (Lipinski definition) is 6. The van der Waals surface area contributed by atoms with Crippen molar-refractivity contribution in [3.05, 3.63) is 77.4 Å². The zero-order valence-electron chi connectivity index (χ0n) is 20.6. The van der Waals surface area contributed by atoms with E-state index in [1.54, 1.807) is 29.2 Å². The Kier molecular flexibility index (Phi) is 7.43. The van der Waals surface area contributed by atoms with E-state index in [9.17, 15) is 18.0 Å². The Hall–Kier alpha value is -3.05. The van der Waals surface area contributed by atoms with Gasteiger partial charge in [0.2, 0.25) is 15.9 Å². The number of carbonyl (C=O) groups is 2.